The summed E-state index contributed by atoms with van der Waals surface area (Å²) in [6, 6.07) is 6.85. The number of hydrogen-bond donors (Lipinski definition) is 1. The molecular formula is C14H18ClN3O2. The number of likely N-dealkylation sites (N-methyl/N-ethyl adjacent to an activating group) is 1. The molecule has 1 N–H and O–H groups in total. The van der Waals surface area contributed by atoms with Crippen molar-refractivity contribution in [3.8, 4) is 0 Å². The van der Waals surface area contributed by atoms with Crippen molar-refractivity contribution >= 4 is 23.5 Å². The topological polar surface area (TPSA) is 52.7 Å². The molecule has 1 aliphatic rings. The smallest absolute Gasteiger partial charge is 0.324 e. The molecule has 0 spiro atoms. The van der Waals surface area contributed by atoms with Gasteiger partial charge in [0.1, 0.15) is 0 Å². The summed E-state index contributed by atoms with van der Waals surface area (Å²) < 4.78 is 0. The minimum absolute atomic E-state index is 0.170. The van der Waals surface area contributed by atoms with Gasteiger partial charge in [-0.3, -0.25) is 14.6 Å². The van der Waals surface area contributed by atoms with E-state index < -0.39 is 0 Å². The molecule has 0 unspecified atom stereocenters. The summed E-state index contributed by atoms with van der Waals surface area (Å²) in [6.45, 7) is 3.40. The maximum atomic E-state index is 12.2. The van der Waals surface area contributed by atoms with Crippen molar-refractivity contribution in [1.29, 1.82) is 0 Å². The molecule has 1 aromatic carbocycles. The number of carbonyl (C=O) groups excluding carboxylic acids is 2. The van der Waals surface area contributed by atoms with Gasteiger partial charge in [0.2, 0.25) is 5.91 Å². The second kappa shape index (κ2) is 6.24. The minimum Gasteiger partial charge on any atom is -0.336 e. The molecule has 1 heterocycles. The van der Waals surface area contributed by atoms with Crippen LogP contribution in [0, 0.1) is 0 Å². The number of rotatable bonds is 4. The predicted octanol–water partition coefficient (Wildman–Crippen LogP) is 1.71. The van der Waals surface area contributed by atoms with Gasteiger partial charge in [0, 0.05) is 24.7 Å². The third-order valence-electron chi connectivity index (χ3n) is 3.49. The standard InChI is InChI=1S/C14H18ClN3O2/c1-10(13(19)18-8-7-16-14(18)20)17(2)9-11-3-5-12(15)6-4-11/h3-6,10H,7-9H2,1-2H3,(H,16,20)/t10-/m0/s1. The lowest BCUT2D eigenvalue weighted by atomic mass is 10.2. The molecule has 0 aliphatic carbocycles. The van der Waals surface area contributed by atoms with E-state index in [1.54, 1.807) is 0 Å². The van der Waals surface area contributed by atoms with Crippen LogP contribution < -0.4 is 5.32 Å². The molecule has 0 radical (unpaired) electrons. The first-order chi connectivity index (χ1) is 9.49. The summed E-state index contributed by atoms with van der Waals surface area (Å²) in [5.74, 6) is -0.170. The van der Waals surface area contributed by atoms with Gasteiger partial charge in [-0.15, -0.1) is 0 Å². The zero-order chi connectivity index (χ0) is 14.7. The van der Waals surface area contributed by atoms with Crippen molar-refractivity contribution in [1.82, 2.24) is 15.1 Å². The maximum Gasteiger partial charge on any atom is 0.324 e. The number of benzene rings is 1. The lowest BCUT2D eigenvalue weighted by Gasteiger charge is -2.26. The van der Waals surface area contributed by atoms with Crippen LogP contribution in [0.25, 0.3) is 0 Å². The van der Waals surface area contributed by atoms with Crippen LogP contribution in [0.15, 0.2) is 24.3 Å². The highest BCUT2D eigenvalue weighted by Crippen LogP contribution is 2.13. The Kier molecular flexibility index (Phi) is 4.62. The first-order valence-corrected chi connectivity index (χ1v) is 6.90. The third-order valence-corrected chi connectivity index (χ3v) is 3.74. The molecule has 20 heavy (non-hydrogen) atoms. The molecule has 3 amide bonds. The van der Waals surface area contributed by atoms with Gasteiger partial charge in [-0.1, -0.05) is 23.7 Å². The van der Waals surface area contributed by atoms with Crippen molar-refractivity contribution in [2.24, 2.45) is 0 Å². The van der Waals surface area contributed by atoms with E-state index in [1.807, 2.05) is 43.1 Å². The number of nitrogens with zero attached hydrogens (tertiary/aromatic N) is 2. The fraction of sp³-hybridized carbons (Fsp3) is 0.429. The van der Waals surface area contributed by atoms with Gasteiger partial charge in [0.25, 0.3) is 0 Å². The van der Waals surface area contributed by atoms with E-state index in [4.69, 9.17) is 11.6 Å². The Morgan fingerprint density at radius 1 is 1.45 bits per heavy atom. The van der Waals surface area contributed by atoms with Crippen molar-refractivity contribution in [3.63, 3.8) is 0 Å². The van der Waals surface area contributed by atoms with Gasteiger partial charge in [-0.05, 0) is 31.7 Å². The van der Waals surface area contributed by atoms with E-state index in [2.05, 4.69) is 5.32 Å². The zero-order valence-electron chi connectivity index (χ0n) is 11.6. The monoisotopic (exact) mass is 295 g/mol. The van der Waals surface area contributed by atoms with E-state index in [9.17, 15) is 9.59 Å². The van der Waals surface area contributed by atoms with Crippen LogP contribution in [0.5, 0.6) is 0 Å². The van der Waals surface area contributed by atoms with Crippen molar-refractivity contribution < 1.29 is 9.59 Å². The van der Waals surface area contributed by atoms with E-state index in [1.165, 1.54) is 4.90 Å². The molecule has 1 atom stereocenters. The number of amides is 3. The van der Waals surface area contributed by atoms with Crippen molar-refractivity contribution in [2.75, 3.05) is 20.1 Å². The normalized spacial score (nSPS) is 16.4. The molecule has 0 saturated carbocycles. The second-order valence-corrected chi connectivity index (χ2v) is 5.38. The molecule has 6 heteroatoms. The van der Waals surface area contributed by atoms with E-state index in [0.717, 1.165) is 5.56 Å². The SMILES string of the molecule is C[C@@H](C(=O)N1CCNC1=O)N(C)Cc1ccc(Cl)cc1. The number of nitrogens with one attached hydrogen (secondary N) is 1. The summed E-state index contributed by atoms with van der Waals surface area (Å²) in [5, 5.41) is 3.32. The second-order valence-electron chi connectivity index (χ2n) is 4.94. The van der Waals surface area contributed by atoms with E-state index in [0.29, 0.717) is 24.7 Å². The largest absolute Gasteiger partial charge is 0.336 e. The van der Waals surface area contributed by atoms with Gasteiger partial charge in [0.05, 0.1) is 6.04 Å². The van der Waals surface area contributed by atoms with Gasteiger partial charge in [-0.2, -0.15) is 0 Å². The average Bonchev–Trinajstić information content (AvgIpc) is 2.86. The number of halogens is 1. The molecule has 5 nitrogen and oxygen atoms in total. The molecule has 1 saturated heterocycles. The van der Waals surface area contributed by atoms with Gasteiger partial charge in [0.15, 0.2) is 0 Å². The Morgan fingerprint density at radius 3 is 2.65 bits per heavy atom. The fourth-order valence-electron chi connectivity index (χ4n) is 2.11. The van der Waals surface area contributed by atoms with Gasteiger partial charge >= 0.3 is 6.03 Å². The van der Waals surface area contributed by atoms with E-state index >= 15 is 0 Å². The molecule has 0 bridgehead atoms. The molecule has 1 fully saturated rings. The number of hydrogen-bond acceptors (Lipinski definition) is 3. The highest BCUT2D eigenvalue weighted by atomic mass is 35.5. The van der Waals surface area contributed by atoms with Gasteiger partial charge < -0.3 is 5.32 Å². The molecule has 2 rings (SSSR count). The maximum absolute atomic E-state index is 12.2. The summed E-state index contributed by atoms with van der Waals surface area (Å²) in [7, 11) is 1.87. The summed E-state index contributed by atoms with van der Waals surface area (Å²) in [4.78, 5) is 26.9. The summed E-state index contributed by atoms with van der Waals surface area (Å²) >= 11 is 5.84. The fourth-order valence-corrected chi connectivity index (χ4v) is 2.24. The lowest BCUT2D eigenvalue weighted by Crippen LogP contribution is -2.46. The lowest BCUT2D eigenvalue weighted by molar-refractivity contribution is -0.132. The Bertz CT molecular complexity index is 504. The van der Waals surface area contributed by atoms with Crippen LogP contribution in [-0.2, 0) is 11.3 Å². The summed E-state index contributed by atoms with van der Waals surface area (Å²) in [6.07, 6.45) is 0. The van der Waals surface area contributed by atoms with Crippen molar-refractivity contribution in [2.45, 2.75) is 19.5 Å². The highest BCUT2D eigenvalue weighted by Gasteiger charge is 2.31. The first-order valence-electron chi connectivity index (χ1n) is 6.53. The van der Waals surface area contributed by atoms with Crippen LogP contribution in [0.4, 0.5) is 4.79 Å². The van der Waals surface area contributed by atoms with Crippen LogP contribution in [-0.4, -0.2) is 47.9 Å². The molecule has 0 aromatic heterocycles. The molecule has 1 aromatic rings. The predicted molar refractivity (Wildman–Crippen MR) is 77.5 cm³/mol. The zero-order valence-corrected chi connectivity index (χ0v) is 12.4. The molecule has 1 aliphatic heterocycles. The Balaban J connectivity index is 1.97. The van der Waals surface area contributed by atoms with Crippen molar-refractivity contribution in [3.05, 3.63) is 34.9 Å². The number of imide groups is 1. The van der Waals surface area contributed by atoms with Crippen LogP contribution in [0.1, 0.15) is 12.5 Å². The summed E-state index contributed by atoms with van der Waals surface area (Å²) in [5.41, 5.74) is 1.07. The van der Waals surface area contributed by atoms with E-state index in [-0.39, 0.29) is 18.0 Å². The number of carbonyl (C=O) groups is 2. The first kappa shape index (κ1) is 14.8. The number of urea groups is 1. The Hall–Kier alpha value is -1.59. The Morgan fingerprint density at radius 2 is 2.10 bits per heavy atom. The van der Waals surface area contributed by atoms with Crippen LogP contribution in [0.2, 0.25) is 5.02 Å². The quantitative estimate of drug-likeness (QED) is 0.920. The minimum atomic E-state index is -0.352. The van der Waals surface area contributed by atoms with Gasteiger partial charge in [-0.25, -0.2) is 4.79 Å². The average molecular weight is 296 g/mol. The molecular weight excluding hydrogens is 278 g/mol. The Labute approximate surface area is 123 Å². The van der Waals surface area contributed by atoms with Crippen LogP contribution in [0.3, 0.4) is 0 Å². The van der Waals surface area contributed by atoms with Crippen LogP contribution >= 0.6 is 11.6 Å². The third kappa shape index (κ3) is 3.29. The molecule has 108 valence electrons. The highest BCUT2D eigenvalue weighted by molar-refractivity contribution is 6.30.